The molecule has 39 heavy (non-hydrogen) atoms. The quantitative estimate of drug-likeness (QED) is 0.290. The summed E-state index contributed by atoms with van der Waals surface area (Å²) in [5.41, 5.74) is 0.915. The molecule has 7 nitrogen and oxygen atoms in total. The van der Waals surface area contributed by atoms with Gasteiger partial charge in [-0.2, -0.15) is 0 Å². The zero-order valence-corrected chi connectivity index (χ0v) is 24.5. The molecule has 0 saturated heterocycles. The summed E-state index contributed by atoms with van der Waals surface area (Å²) in [6.07, 6.45) is 0.343. The van der Waals surface area contributed by atoms with E-state index in [0.29, 0.717) is 18.0 Å². The summed E-state index contributed by atoms with van der Waals surface area (Å²) in [6, 6.07) is 20.7. The van der Waals surface area contributed by atoms with Crippen LogP contribution in [-0.4, -0.2) is 44.3 Å². The van der Waals surface area contributed by atoms with Crippen molar-refractivity contribution in [2.24, 2.45) is 5.92 Å². The third kappa shape index (κ3) is 7.97. The van der Waals surface area contributed by atoms with Crippen LogP contribution >= 0.6 is 23.2 Å². The number of halogens is 2. The van der Waals surface area contributed by atoms with Gasteiger partial charge in [-0.3, -0.25) is 13.9 Å². The average molecular weight is 591 g/mol. The van der Waals surface area contributed by atoms with Crippen molar-refractivity contribution in [1.82, 2.24) is 10.2 Å². The molecule has 0 aromatic heterocycles. The Labute approximate surface area is 240 Å². The van der Waals surface area contributed by atoms with E-state index < -0.39 is 28.5 Å². The smallest absolute Gasteiger partial charge is 0.264 e. The van der Waals surface area contributed by atoms with Gasteiger partial charge in [-0.15, -0.1) is 0 Å². The van der Waals surface area contributed by atoms with Gasteiger partial charge in [0.15, 0.2) is 0 Å². The highest BCUT2D eigenvalue weighted by molar-refractivity contribution is 7.92. The highest BCUT2D eigenvalue weighted by Crippen LogP contribution is 2.33. The van der Waals surface area contributed by atoms with Crippen molar-refractivity contribution >= 4 is 50.7 Å². The second-order valence-electron chi connectivity index (χ2n) is 9.49. The van der Waals surface area contributed by atoms with E-state index in [1.807, 2.05) is 51.1 Å². The van der Waals surface area contributed by atoms with Crippen LogP contribution in [0.3, 0.4) is 0 Å². The molecule has 0 aliphatic carbocycles. The highest BCUT2D eigenvalue weighted by atomic mass is 35.5. The maximum absolute atomic E-state index is 14.0. The van der Waals surface area contributed by atoms with Crippen LogP contribution in [0.15, 0.2) is 83.8 Å². The molecule has 0 fully saturated rings. The van der Waals surface area contributed by atoms with E-state index in [0.717, 1.165) is 9.87 Å². The summed E-state index contributed by atoms with van der Waals surface area (Å²) in [5, 5.41) is 3.31. The van der Waals surface area contributed by atoms with Crippen molar-refractivity contribution in [2.75, 3.05) is 17.4 Å². The zero-order chi connectivity index (χ0) is 28.6. The van der Waals surface area contributed by atoms with Crippen LogP contribution < -0.4 is 9.62 Å². The molecule has 1 N–H and O–H groups in total. The lowest BCUT2D eigenvalue weighted by atomic mass is 10.1. The fourth-order valence-electron chi connectivity index (χ4n) is 4.04. The first kappa shape index (κ1) is 30.5. The first-order chi connectivity index (χ1) is 18.5. The summed E-state index contributed by atoms with van der Waals surface area (Å²) >= 11 is 12.5. The molecule has 0 unspecified atom stereocenters. The van der Waals surface area contributed by atoms with E-state index in [4.69, 9.17) is 23.2 Å². The van der Waals surface area contributed by atoms with Crippen LogP contribution in [0.25, 0.3) is 0 Å². The van der Waals surface area contributed by atoms with E-state index in [9.17, 15) is 18.0 Å². The van der Waals surface area contributed by atoms with Crippen molar-refractivity contribution < 1.29 is 18.0 Å². The van der Waals surface area contributed by atoms with Crippen molar-refractivity contribution in [3.63, 3.8) is 0 Å². The Morgan fingerprint density at radius 1 is 0.923 bits per heavy atom. The Morgan fingerprint density at radius 2 is 1.54 bits per heavy atom. The van der Waals surface area contributed by atoms with E-state index in [1.54, 1.807) is 18.2 Å². The molecule has 208 valence electrons. The van der Waals surface area contributed by atoms with Crippen molar-refractivity contribution in [3.05, 3.63) is 94.5 Å². The molecule has 0 saturated carbocycles. The molecule has 2 amide bonds. The van der Waals surface area contributed by atoms with E-state index in [2.05, 4.69) is 5.32 Å². The van der Waals surface area contributed by atoms with Gasteiger partial charge in [0, 0.05) is 18.1 Å². The van der Waals surface area contributed by atoms with Gasteiger partial charge in [0.2, 0.25) is 11.8 Å². The number of amides is 2. The van der Waals surface area contributed by atoms with Crippen LogP contribution in [0.1, 0.15) is 32.8 Å². The SMILES string of the molecule is CC[C@@H](C(=O)NCC(C)C)N(Cc1ccccc1)C(=O)CN(c1ccc(Cl)cc1Cl)S(=O)(=O)c1ccccc1. The van der Waals surface area contributed by atoms with Gasteiger partial charge < -0.3 is 10.2 Å². The number of carbonyl (C=O) groups is 2. The lowest BCUT2D eigenvalue weighted by molar-refractivity contribution is -0.140. The normalized spacial score (nSPS) is 12.2. The molecule has 0 bridgehead atoms. The minimum absolute atomic E-state index is 0.000133. The van der Waals surface area contributed by atoms with Gasteiger partial charge in [0.05, 0.1) is 15.6 Å². The lowest BCUT2D eigenvalue weighted by Gasteiger charge is -2.33. The molecule has 3 aromatic carbocycles. The molecule has 3 aromatic rings. The molecule has 0 radical (unpaired) electrons. The molecule has 0 aliphatic heterocycles. The van der Waals surface area contributed by atoms with Gasteiger partial charge >= 0.3 is 0 Å². The van der Waals surface area contributed by atoms with Crippen molar-refractivity contribution in [3.8, 4) is 0 Å². The van der Waals surface area contributed by atoms with Crippen LogP contribution in [0.4, 0.5) is 5.69 Å². The fraction of sp³-hybridized carbons (Fsp3) is 0.310. The third-order valence-electron chi connectivity index (χ3n) is 6.05. The van der Waals surface area contributed by atoms with Gasteiger partial charge in [-0.25, -0.2) is 8.42 Å². The molecule has 0 spiro atoms. The summed E-state index contributed by atoms with van der Waals surface area (Å²) in [4.78, 5) is 28.6. The number of hydrogen-bond donors (Lipinski definition) is 1. The largest absolute Gasteiger partial charge is 0.354 e. The molecular weight excluding hydrogens is 557 g/mol. The molecule has 0 heterocycles. The highest BCUT2D eigenvalue weighted by Gasteiger charge is 2.34. The lowest BCUT2D eigenvalue weighted by Crippen LogP contribution is -2.52. The molecule has 10 heteroatoms. The summed E-state index contributed by atoms with van der Waals surface area (Å²) in [5.74, 6) is -0.614. The first-order valence-corrected chi connectivity index (χ1v) is 14.9. The van der Waals surface area contributed by atoms with E-state index >= 15 is 0 Å². The fourth-order valence-corrected chi connectivity index (χ4v) is 6.05. The Hall–Kier alpha value is -3.07. The Morgan fingerprint density at radius 3 is 2.10 bits per heavy atom. The predicted molar refractivity (Wildman–Crippen MR) is 156 cm³/mol. The van der Waals surface area contributed by atoms with Crippen LogP contribution in [0, 0.1) is 5.92 Å². The molecular formula is C29H33Cl2N3O4S. The predicted octanol–water partition coefficient (Wildman–Crippen LogP) is 5.77. The van der Waals surface area contributed by atoms with Crippen molar-refractivity contribution in [2.45, 2.75) is 44.7 Å². The maximum atomic E-state index is 14.0. The summed E-state index contributed by atoms with van der Waals surface area (Å²) in [7, 11) is -4.21. The van der Waals surface area contributed by atoms with Gasteiger partial charge in [-0.1, -0.05) is 92.5 Å². The number of rotatable bonds is 12. The number of carbonyl (C=O) groups excluding carboxylic acids is 2. The number of hydrogen-bond acceptors (Lipinski definition) is 4. The van der Waals surface area contributed by atoms with Crippen LogP contribution in [-0.2, 0) is 26.2 Å². The third-order valence-corrected chi connectivity index (χ3v) is 8.37. The number of nitrogens with zero attached hydrogens (tertiary/aromatic N) is 2. The molecule has 0 aliphatic rings. The molecule has 3 rings (SSSR count). The minimum atomic E-state index is -4.21. The second kappa shape index (κ2) is 13.8. The minimum Gasteiger partial charge on any atom is -0.354 e. The monoisotopic (exact) mass is 589 g/mol. The molecule has 1 atom stereocenters. The van der Waals surface area contributed by atoms with E-state index in [1.165, 1.54) is 35.2 Å². The topological polar surface area (TPSA) is 86.8 Å². The Kier molecular flexibility index (Phi) is 10.8. The average Bonchev–Trinajstić information content (AvgIpc) is 2.91. The summed E-state index contributed by atoms with van der Waals surface area (Å²) in [6.45, 7) is 5.80. The number of nitrogens with one attached hydrogen (secondary N) is 1. The standard InChI is InChI=1S/C29H33Cl2N3O4S/c1-4-26(29(36)32-18-21(2)3)33(19-22-11-7-5-8-12-22)28(35)20-34(27-16-15-23(30)17-25(27)31)39(37,38)24-13-9-6-10-14-24/h5-17,21,26H,4,18-20H2,1-3H3,(H,32,36)/t26-/m0/s1. The number of sulfonamides is 1. The van der Waals surface area contributed by atoms with Crippen molar-refractivity contribution in [1.29, 1.82) is 0 Å². The van der Waals surface area contributed by atoms with Gasteiger partial charge in [-0.05, 0) is 48.2 Å². The number of benzene rings is 3. The Bertz CT molecular complexity index is 1370. The van der Waals surface area contributed by atoms with Crippen LogP contribution in [0.5, 0.6) is 0 Å². The number of anilines is 1. The summed E-state index contributed by atoms with van der Waals surface area (Å²) < 4.78 is 28.6. The zero-order valence-electron chi connectivity index (χ0n) is 22.2. The maximum Gasteiger partial charge on any atom is 0.264 e. The second-order valence-corrected chi connectivity index (χ2v) is 12.2. The Balaban J connectivity index is 2.05. The van der Waals surface area contributed by atoms with Gasteiger partial charge in [0.25, 0.3) is 10.0 Å². The van der Waals surface area contributed by atoms with Gasteiger partial charge in [0.1, 0.15) is 12.6 Å². The van der Waals surface area contributed by atoms with E-state index in [-0.39, 0.29) is 34.0 Å². The first-order valence-electron chi connectivity index (χ1n) is 12.7. The van der Waals surface area contributed by atoms with Crippen LogP contribution in [0.2, 0.25) is 10.0 Å².